The van der Waals surface area contributed by atoms with Crippen molar-refractivity contribution in [2.75, 3.05) is 19.3 Å². The molecule has 0 aliphatic rings. The van der Waals surface area contributed by atoms with Gasteiger partial charge in [0.05, 0.1) is 4.90 Å². The first kappa shape index (κ1) is 18.0. The van der Waals surface area contributed by atoms with Gasteiger partial charge in [-0.25, -0.2) is 25.9 Å². The van der Waals surface area contributed by atoms with Gasteiger partial charge in [-0.2, -0.15) is 0 Å². The van der Waals surface area contributed by atoms with Crippen molar-refractivity contribution in [2.45, 2.75) is 29.7 Å². The van der Waals surface area contributed by atoms with E-state index in [1.165, 1.54) is 0 Å². The Kier molecular flexibility index (Phi) is 5.85. The highest BCUT2D eigenvalue weighted by Crippen LogP contribution is 2.18. The first-order valence-corrected chi connectivity index (χ1v) is 9.68. The van der Waals surface area contributed by atoms with Gasteiger partial charge in [-0.3, -0.25) is 0 Å². The van der Waals surface area contributed by atoms with Gasteiger partial charge in [-0.05, 0) is 31.7 Å². The molecule has 120 valence electrons. The quantitative estimate of drug-likeness (QED) is 0.755. The average molecular weight is 338 g/mol. The molecule has 0 amide bonds. The number of halogens is 1. The summed E-state index contributed by atoms with van der Waals surface area (Å²) in [5.41, 5.74) is 0. The third-order valence-corrected chi connectivity index (χ3v) is 5.30. The second kappa shape index (κ2) is 6.82. The van der Waals surface area contributed by atoms with Crippen molar-refractivity contribution in [3.63, 3.8) is 0 Å². The first-order valence-electron chi connectivity index (χ1n) is 6.30. The molecule has 0 aromatic heterocycles. The van der Waals surface area contributed by atoms with Crippen molar-refractivity contribution in [2.24, 2.45) is 0 Å². The average Bonchev–Trinajstić information content (AvgIpc) is 2.35. The molecule has 1 rings (SSSR count). The van der Waals surface area contributed by atoms with Crippen molar-refractivity contribution in [1.82, 2.24) is 10.0 Å². The monoisotopic (exact) mass is 338 g/mol. The SMILES string of the molecule is CCN[C@H](C)CNS(=O)(=O)c1ccc(S(C)(=O)=O)c(F)c1. The Morgan fingerprint density at radius 3 is 2.33 bits per heavy atom. The van der Waals surface area contributed by atoms with Gasteiger partial charge < -0.3 is 5.32 Å². The number of nitrogens with one attached hydrogen (secondary N) is 2. The summed E-state index contributed by atoms with van der Waals surface area (Å²) >= 11 is 0. The van der Waals surface area contributed by atoms with Crippen LogP contribution in [0.3, 0.4) is 0 Å². The molecule has 0 radical (unpaired) electrons. The lowest BCUT2D eigenvalue weighted by Gasteiger charge is -2.13. The Bertz CT molecular complexity index is 702. The third-order valence-electron chi connectivity index (χ3n) is 2.75. The summed E-state index contributed by atoms with van der Waals surface area (Å²) in [5.74, 6) is -1.08. The van der Waals surface area contributed by atoms with Gasteiger partial charge in [0.15, 0.2) is 9.84 Å². The normalized spacial score (nSPS) is 14.1. The van der Waals surface area contributed by atoms with E-state index in [4.69, 9.17) is 0 Å². The van der Waals surface area contributed by atoms with E-state index in [1.54, 1.807) is 6.92 Å². The highest BCUT2D eigenvalue weighted by molar-refractivity contribution is 7.90. The van der Waals surface area contributed by atoms with Crippen LogP contribution in [0.25, 0.3) is 0 Å². The highest BCUT2D eigenvalue weighted by atomic mass is 32.2. The van der Waals surface area contributed by atoms with Crippen LogP contribution in [-0.2, 0) is 19.9 Å². The number of benzene rings is 1. The summed E-state index contributed by atoms with van der Waals surface area (Å²) < 4.78 is 62.6. The first-order chi connectivity index (χ1) is 9.58. The number of likely N-dealkylation sites (N-methyl/N-ethyl adjacent to an activating group) is 1. The molecule has 0 spiro atoms. The molecule has 6 nitrogen and oxygen atoms in total. The van der Waals surface area contributed by atoms with Crippen LogP contribution in [-0.4, -0.2) is 42.2 Å². The molecule has 21 heavy (non-hydrogen) atoms. The van der Waals surface area contributed by atoms with Crippen molar-refractivity contribution in [3.8, 4) is 0 Å². The number of sulfone groups is 1. The molecule has 0 bridgehead atoms. The van der Waals surface area contributed by atoms with Crippen LogP contribution in [0.4, 0.5) is 4.39 Å². The minimum absolute atomic E-state index is 0.0788. The lowest BCUT2D eigenvalue weighted by molar-refractivity contribution is 0.534. The lowest BCUT2D eigenvalue weighted by Crippen LogP contribution is -2.38. The van der Waals surface area contributed by atoms with E-state index in [-0.39, 0.29) is 17.5 Å². The van der Waals surface area contributed by atoms with E-state index < -0.39 is 30.6 Å². The predicted octanol–water partition coefficient (Wildman–Crippen LogP) is 0.506. The van der Waals surface area contributed by atoms with Crippen LogP contribution < -0.4 is 10.0 Å². The molecule has 0 aliphatic carbocycles. The maximum atomic E-state index is 13.7. The summed E-state index contributed by atoms with van der Waals surface area (Å²) in [6.45, 7) is 4.54. The molecule has 0 saturated heterocycles. The van der Waals surface area contributed by atoms with Crippen LogP contribution in [0.5, 0.6) is 0 Å². The Morgan fingerprint density at radius 2 is 1.86 bits per heavy atom. The fourth-order valence-electron chi connectivity index (χ4n) is 1.69. The van der Waals surface area contributed by atoms with Gasteiger partial charge in [0, 0.05) is 18.8 Å². The predicted molar refractivity (Wildman–Crippen MR) is 77.8 cm³/mol. The molecule has 0 unspecified atom stereocenters. The summed E-state index contributed by atoms with van der Waals surface area (Å²) in [4.78, 5) is -0.835. The zero-order chi connectivity index (χ0) is 16.3. The Morgan fingerprint density at radius 1 is 1.24 bits per heavy atom. The molecule has 1 aromatic rings. The van der Waals surface area contributed by atoms with Crippen LogP contribution in [0.1, 0.15) is 13.8 Å². The Hall–Kier alpha value is -1.03. The van der Waals surface area contributed by atoms with Gasteiger partial charge >= 0.3 is 0 Å². The minimum atomic E-state index is -3.88. The summed E-state index contributed by atoms with van der Waals surface area (Å²) in [5, 5.41) is 3.03. The largest absolute Gasteiger partial charge is 0.313 e. The van der Waals surface area contributed by atoms with E-state index >= 15 is 0 Å². The van der Waals surface area contributed by atoms with Crippen LogP contribution >= 0.6 is 0 Å². The van der Waals surface area contributed by atoms with Gasteiger partial charge in [-0.1, -0.05) is 6.92 Å². The van der Waals surface area contributed by atoms with Crippen molar-refractivity contribution in [1.29, 1.82) is 0 Å². The van der Waals surface area contributed by atoms with Crippen molar-refractivity contribution < 1.29 is 21.2 Å². The topological polar surface area (TPSA) is 92.3 Å². The molecule has 2 N–H and O–H groups in total. The molecule has 1 atom stereocenters. The van der Waals surface area contributed by atoms with E-state index in [0.717, 1.165) is 18.4 Å². The second-order valence-electron chi connectivity index (χ2n) is 4.68. The van der Waals surface area contributed by atoms with Crippen LogP contribution in [0, 0.1) is 5.82 Å². The number of hydrogen-bond donors (Lipinski definition) is 2. The molecule has 0 fully saturated rings. The van der Waals surface area contributed by atoms with Crippen LogP contribution in [0.2, 0.25) is 0 Å². The zero-order valence-corrected chi connectivity index (χ0v) is 13.7. The molecule has 0 aliphatic heterocycles. The zero-order valence-electron chi connectivity index (χ0n) is 12.1. The van der Waals surface area contributed by atoms with E-state index in [1.807, 2.05) is 6.92 Å². The van der Waals surface area contributed by atoms with Crippen molar-refractivity contribution >= 4 is 19.9 Å². The molecule has 9 heteroatoms. The maximum Gasteiger partial charge on any atom is 0.240 e. The summed E-state index contributed by atoms with van der Waals surface area (Å²) in [6.07, 6.45) is 0.857. The molecule has 0 heterocycles. The molecule has 1 aromatic carbocycles. The highest BCUT2D eigenvalue weighted by Gasteiger charge is 2.20. The Labute approximate surface area is 124 Å². The molecular formula is C12H19FN2O4S2. The fraction of sp³-hybridized carbons (Fsp3) is 0.500. The minimum Gasteiger partial charge on any atom is -0.313 e. The van der Waals surface area contributed by atoms with Crippen LogP contribution in [0.15, 0.2) is 28.0 Å². The van der Waals surface area contributed by atoms with Gasteiger partial charge in [0.25, 0.3) is 0 Å². The second-order valence-corrected chi connectivity index (χ2v) is 8.43. The summed E-state index contributed by atoms with van der Waals surface area (Å²) in [6, 6.07) is 2.65. The number of hydrogen-bond acceptors (Lipinski definition) is 5. The standard InChI is InChI=1S/C12H19FN2O4S2/c1-4-14-9(2)8-15-21(18,19)10-5-6-12(11(13)7-10)20(3,16)17/h5-7,9,14-15H,4,8H2,1-3H3/t9-/m1/s1. The number of sulfonamides is 1. The molecular weight excluding hydrogens is 319 g/mol. The lowest BCUT2D eigenvalue weighted by atomic mass is 10.3. The van der Waals surface area contributed by atoms with E-state index in [9.17, 15) is 21.2 Å². The smallest absolute Gasteiger partial charge is 0.240 e. The van der Waals surface area contributed by atoms with E-state index in [2.05, 4.69) is 10.0 Å². The maximum absolute atomic E-state index is 13.7. The van der Waals surface area contributed by atoms with Gasteiger partial charge in [0.2, 0.25) is 10.0 Å². The summed E-state index contributed by atoms with van der Waals surface area (Å²) in [7, 11) is -7.61. The third kappa shape index (κ3) is 5.03. The fourth-order valence-corrected chi connectivity index (χ4v) is 3.56. The van der Waals surface area contributed by atoms with E-state index in [0.29, 0.717) is 12.6 Å². The van der Waals surface area contributed by atoms with Gasteiger partial charge in [0.1, 0.15) is 10.7 Å². The van der Waals surface area contributed by atoms with Gasteiger partial charge in [-0.15, -0.1) is 0 Å². The number of rotatable bonds is 7. The Balaban J connectivity index is 2.98. The van der Waals surface area contributed by atoms with Crippen molar-refractivity contribution in [3.05, 3.63) is 24.0 Å². The molecule has 0 saturated carbocycles.